The fourth-order valence-electron chi connectivity index (χ4n) is 3.13. The summed E-state index contributed by atoms with van der Waals surface area (Å²) in [6, 6.07) is 8.24. The Morgan fingerprint density at radius 3 is 2.59 bits per heavy atom. The minimum absolute atomic E-state index is 0.0504. The lowest BCUT2D eigenvalue weighted by atomic mass is 10.0. The molecule has 3 rings (SSSR count). The van der Waals surface area contributed by atoms with E-state index in [1.54, 1.807) is 6.07 Å². The van der Waals surface area contributed by atoms with Crippen LogP contribution in [0.25, 0.3) is 0 Å². The summed E-state index contributed by atoms with van der Waals surface area (Å²) in [5.74, 6) is -0.198. The molecule has 29 heavy (non-hydrogen) atoms. The number of carbonyl (C=O) groups is 1. The highest BCUT2D eigenvalue weighted by Gasteiger charge is 2.34. The maximum atomic E-state index is 13.6. The summed E-state index contributed by atoms with van der Waals surface area (Å²) in [5, 5.41) is 2.50. The van der Waals surface area contributed by atoms with E-state index in [0.717, 1.165) is 6.07 Å². The number of methoxy groups -OCH3 is 1. The van der Waals surface area contributed by atoms with Gasteiger partial charge in [0, 0.05) is 42.6 Å². The van der Waals surface area contributed by atoms with Gasteiger partial charge in [-0.05, 0) is 29.8 Å². The topological polar surface area (TPSA) is 76.8 Å². The van der Waals surface area contributed by atoms with Gasteiger partial charge in [0.15, 0.2) is 0 Å². The Kier molecular flexibility index (Phi) is 6.29. The number of hydrogen-bond acceptors (Lipinski definition) is 5. The molecule has 0 atom stereocenters. The number of halogens is 3. The standard InChI is InChI=1S/C20H22F3N3O3/c1-28-17-9-14(8-15(24)10-17)19(27)25-16-3-2-13(18(11-16)20(21,22)23)12-26-4-6-29-7-5-26/h2-3,8-11H,4-7,12,24H2,1H3,(H,25,27). The Hall–Kier alpha value is -2.78. The van der Waals surface area contributed by atoms with Crippen molar-refractivity contribution in [3.63, 3.8) is 0 Å². The van der Waals surface area contributed by atoms with E-state index in [-0.39, 0.29) is 23.4 Å². The molecule has 1 aliphatic rings. The first-order valence-corrected chi connectivity index (χ1v) is 9.02. The van der Waals surface area contributed by atoms with Gasteiger partial charge in [-0.2, -0.15) is 13.2 Å². The number of alkyl halides is 3. The lowest BCUT2D eigenvalue weighted by Crippen LogP contribution is -2.36. The maximum absolute atomic E-state index is 13.6. The van der Waals surface area contributed by atoms with Crippen LogP contribution >= 0.6 is 0 Å². The van der Waals surface area contributed by atoms with E-state index >= 15 is 0 Å². The van der Waals surface area contributed by atoms with Gasteiger partial charge >= 0.3 is 6.18 Å². The molecule has 1 aliphatic heterocycles. The first-order chi connectivity index (χ1) is 13.8. The van der Waals surface area contributed by atoms with Crippen molar-refractivity contribution in [3.8, 4) is 5.75 Å². The van der Waals surface area contributed by atoms with Crippen LogP contribution in [-0.4, -0.2) is 44.2 Å². The summed E-state index contributed by atoms with van der Waals surface area (Å²) in [6.45, 7) is 2.32. The van der Waals surface area contributed by atoms with Gasteiger partial charge < -0.3 is 20.5 Å². The second kappa shape index (κ2) is 8.71. The Balaban J connectivity index is 1.82. The Morgan fingerprint density at radius 2 is 1.93 bits per heavy atom. The van der Waals surface area contributed by atoms with E-state index in [1.165, 1.54) is 31.4 Å². The third-order valence-electron chi connectivity index (χ3n) is 4.60. The van der Waals surface area contributed by atoms with E-state index in [0.29, 0.717) is 37.7 Å². The van der Waals surface area contributed by atoms with Gasteiger partial charge in [-0.3, -0.25) is 9.69 Å². The first-order valence-electron chi connectivity index (χ1n) is 9.02. The first kappa shape index (κ1) is 20.9. The number of benzene rings is 2. The molecule has 1 amide bonds. The number of morpholine rings is 1. The molecule has 9 heteroatoms. The Morgan fingerprint density at radius 1 is 1.21 bits per heavy atom. The van der Waals surface area contributed by atoms with Crippen molar-refractivity contribution in [3.05, 3.63) is 53.1 Å². The fraction of sp³-hybridized carbons (Fsp3) is 0.350. The van der Waals surface area contributed by atoms with Crippen LogP contribution in [0.4, 0.5) is 24.5 Å². The number of rotatable bonds is 5. The van der Waals surface area contributed by atoms with Crippen LogP contribution in [0.3, 0.4) is 0 Å². The highest BCUT2D eigenvalue weighted by atomic mass is 19.4. The molecule has 1 saturated heterocycles. The minimum Gasteiger partial charge on any atom is -0.497 e. The van der Waals surface area contributed by atoms with Crippen LogP contribution < -0.4 is 15.8 Å². The predicted octanol–water partition coefficient (Wildman–Crippen LogP) is 3.38. The van der Waals surface area contributed by atoms with E-state index in [2.05, 4.69) is 5.32 Å². The number of nitrogens with one attached hydrogen (secondary N) is 1. The molecular formula is C20H22F3N3O3. The molecule has 1 heterocycles. The average Bonchev–Trinajstić information content (AvgIpc) is 2.68. The molecule has 6 nitrogen and oxygen atoms in total. The molecule has 2 aromatic carbocycles. The van der Waals surface area contributed by atoms with Gasteiger partial charge in [0.2, 0.25) is 0 Å². The largest absolute Gasteiger partial charge is 0.497 e. The number of ether oxygens (including phenoxy) is 2. The number of nitrogens with two attached hydrogens (primary N) is 1. The Bertz CT molecular complexity index is 881. The number of nitrogen functional groups attached to an aromatic ring is 1. The second-order valence-corrected chi connectivity index (χ2v) is 6.71. The van der Waals surface area contributed by atoms with Crippen molar-refractivity contribution in [1.29, 1.82) is 0 Å². The number of anilines is 2. The summed E-state index contributed by atoms with van der Waals surface area (Å²) in [7, 11) is 1.43. The van der Waals surface area contributed by atoms with Crippen molar-refractivity contribution < 1.29 is 27.4 Å². The second-order valence-electron chi connectivity index (χ2n) is 6.71. The summed E-state index contributed by atoms with van der Waals surface area (Å²) < 4.78 is 51.1. The quantitative estimate of drug-likeness (QED) is 0.741. The van der Waals surface area contributed by atoms with Crippen molar-refractivity contribution in [1.82, 2.24) is 4.90 Å². The number of carbonyl (C=O) groups excluding carboxylic acids is 1. The molecule has 1 fully saturated rings. The van der Waals surface area contributed by atoms with E-state index in [1.807, 2.05) is 4.90 Å². The number of hydrogen-bond donors (Lipinski definition) is 2. The van der Waals surface area contributed by atoms with Gasteiger partial charge in [0.25, 0.3) is 5.91 Å². The Labute approximate surface area is 166 Å². The van der Waals surface area contributed by atoms with E-state index < -0.39 is 17.6 Å². The monoisotopic (exact) mass is 409 g/mol. The SMILES string of the molecule is COc1cc(N)cc(C(=O)Nc2ccc(CN3CCOCC3)c(C(F)(F)F)c2)c1. The van der Waals surface area contributed by atoms with Crippen LogP contribution in [-0.2, 0) is 17.5 Å². The third-order valence-corrected chi connectivity index (χ3v) is 4.60. The van der Waals surface area contributed by atoms with Crippen LogP contribution in [0.2, 0.25) is 0 Å². The predicted molar refractivity (Wildman–Crippen MR) is 103 cm³/mol. The van der Waals surface area contributed by atoms with Gasteiger partial charge in [-0.25, -0.2) is 0 Å². The van der Waals surface area contributed by atoms with Crippen molar-refractivity contribution in [2.24, 2.45) is 0 Å². The smallest absolute Gasteiger partial charge is 0.416 e. The zero-order valence-electron chi connectivity index (χ0n) is 15.9. The molecule has 0 aliphatic carbocycles. The van der Waals surface area contributed by atoms with Gasteiger partial charge in [-0.1, -0.05) is 6.07 Å². The van der Waals surface area contributed by atoms with E-state index in [9.17, 15) is 18.0 Å². The van der Waals surface area contributed by atoms with Gasteiger partial charge in [0.1, 0.15) is 5.75 Å². The zero-order chi connectivity index (χ0) is 21.0. The minimum atomic E-state index is -4.54. The van der Waals surface area contributed by atoms with Crippen LogP contribution in [0.15, 0.2) is 36.4 Å². The molecule has 0 spiro atoms. The number of amides is 1. The molecule has 156 valence electrons. The molecule has 0 bridgehead atoms. The van der Waals surface area contributed by atoms with Crippen LogP contribution in [0.5, 0.6) is 5.75 Å². The fourth-order valence-corrected chi connectivity index (χ4v) is 3.13. The molecule has 2 aromatic rings. The molecule has 0 unspecified atom stereocenters. The third kappa shape index (κ3) is 5.39. The van der Waals surface area contributed by atoms with Crippen LogP contribution in [0, 0.1) is 0 Å². The normalized spacial score (nSPS) is 15.2. The van der Waals surface area contributed by atoms with E-state index in [4.69, 9.17) is 15.2 Å². The van der Waals surface area contributed by atoms with Crippen molar-refractivity contribution in [2.45, 2.75) is 12.7 Å². The lowest BCUT2D eigenvalue weighted by molar-refractivity contribution is -0.138. The van der Waals surface area contributed by atoms with Crippen molar-refractivity contribution in [2.75, 3.05) is 44.5 Å². The highest BCUT2D eigenvalue weighted by Crippen LogP contribution is 2.34. The molecule has 3 N–H and O–H groups in total. The maximum Gasteiger partial charge on any atom is 0.416 e. The summed E-state index contributed by atoms with van der Waals surface area (Å²) in [5.41, 5.74) is 5.67. The summed E-state index contributed by atoms with van der Waals surface area (Å²) >= 11 is 0. The van der Waals surface area contributed by atoms with Crippen molar-refractivity contribution >= 4 is 17.3 Å². The molecule has 0 saturated carbocycles. The summed E-state index contributed by atoms with van der Waals surface area (Å²) in [4.78, 5) is 14.4. The molecular weight excluding hydrogens is 387 g/mol. The molecule has 0 radical (unpaired) electrons. The number of nitrogens with zero attached hydrogens (tertiary/aromatic N) is 1. The van der Waals surface area contributed by atoms with Crippen LogP contribution in [0.1, 0.15) is 21.5 Å². The average molecular weight is 409 g/mol. The lowest BCUT2D eigenvalue weighted by Gasteiger charge is -2.27. The van der Waals surface area contributed by atoms with Gasteiger partial charge in [-0.15, -0.1) is 0 Å². The zero-order valence-corrected chi connectivity index (χ0v) is 15.9. The van der Waals surface area contributed by atoms with Gasteiger partial charge in [0.05, 0.1) is 25.9 Å². The highest BCUT2D eigenvalue weighted by molar-refractivity contribution is 6.05. The summed E-state index contributed by atoms with van der Waals surface area (Å²) in [6.07, 6.45) is -4.54. The molecule has 0 aromatic heterocycles.